The van der Waals surface area contributed by atoms with Crippen LogP contribution in [0.4, 0.5) is 0 Å². The molecule has 2 bridgehead atoms. The minimum Gasteiger partial charge on any atom is -0.319 e. The van der Waals surface area contributed by atoms with E-state index in [9.17, 15) is 14.9 Å². The number of carbonyl (C=O) groups excluding carboxylic acids is 2. The summed E-state index contributed by atoms with van der Waals surface area (Å²) in [7, 11) is 4.53. The third-order valence-corrected chi connectivity index (χ3v) is 10.4. The number of hydrogen-bond donors (Lipinski definition) is 1. The second-order valence-corrected chi connectivity index (χ2v) is 11.3. The number of nitrogens with zero attached hydrogens (tertiary/aromatic N) is 4. The molecule has 4 aliphatic heterocycles. The Balaban J connectivity index is 1.80. The Morgan fingerprint density at radius 2 is 1.93 bits per heavy atom. The number of amides is 2. The minimum absolute atomic E-state index is 0.100. The fourth-order valence-electron chi connectivity index (χ4n) is 4.79. The molecule has 0 N–H and O–H groups in total. The second kappa shape index (κ2) is 5.43. The summed E-state index contributed by atoms with van der Waals surface area (Å²) in [6, 6.07) is 9.72. The maximum absolute atomic E-state index is 13.6. The molecule has 2 aromatic rings. The van der Waals surface area contributed by atoms with Crippen molar-refractivity contribution in [3.8, 4) is 6.07 Å². The summed E-state index contributed by atoms with van der Waals surface area (Å²) in [5.74, 6) is -0.213. The number of para-hydroxylation sites is 1. The van der Waals surface area contributed by atoms with E-state index in [1.807, 2.05) is 37.4 Å². The van der Waals surface area contributed by atoms with Crippen LogP contribution in [0.3, 0.4) is 0 Å². The summed E-state index contributed by atoms with van der Waals surface area (Å²) in [5.41, 5.74) is 0.873. The van der Waals surface area contributed by atoms with Gasteiger partial charge in [-0.3, -0.25) is 13.6 Å². The highest BCUT2D eigenvalue weighted by Crippen LogP contribution is 2.69. The van der Waals surface area contributed by atoms with Crippen LogP contribution in [0.15, 0.2) is 30.5 Å². The number of fused-ring (bicyclic) bond motifs is 3. The molecule has 1 aromatic heterocycles. The quantitative estimate of drug-likeness (QED) is 0.555. The molecule has 144 valence electrons. The molecule has 4 aliphatic rings. The van der Waals surface area contributed by atoms with Crippen LogP contribution in [0.1, 0.15) is 31.9 Å². The molecular formula is C19H18N4O2S3. The van der Waals surface area contributed by atoms with Crippen LogP contribution >= 0.6 is 34.4 Å². The van der Waals surface area contributed by atoms with Crippen LogP contribution < -0.4 is 0 Å². The van der Waals surface area contributed by atoms with E-state index in [2.05, 4.69) is 18.9 Å². The van der Waals surface area contributed by atoms with Crippen molar-refractivity contribution in [3.05, 3.63) is 36.0 Å². The topological polar surface area (TPSA) is 69.3 Å². The fraction of sp³-hybridized carbons (Fsp3) is 0.421. The lowest BCUT2D eigenvalue weighted by molar-refractivity contribution is -0.164. The molecule has 5 heterocycles. The molecular weight excluding hydrogens is 412 g/mol. The van der Waals surface area contributed by atoms with Crippen LogP contribution in [0.5, 0.6) is 0 Å². The normalized spacial score (nSPS) is 36.9. The highest BCUT2D eigenvalue weighted by molar-refractivity contribution is 8.78. The van der Waals surface area contributed by atoms with Gasteiger partial charge in [-0.05, 0) is 19.9 Å². The molecule has 28 heavy (non-hydrogen) atoms. The third-order valence-electron chi connectivity index (χ3n) is 6.37. The van der Waals surface area contributed by atoms with E-state index in [1.165, 1.54) is 21.6 Å². The summed E-state index contributed by atoms with van der Waals surface area (Å²) in [6.07, 6.45) is 2.17. The lowest BCUT2D eigenvalue weighted by Crippen LogP contribution is -2.73. The van der Waals surface area contributed by atoms with Crippen molar-refractivity contribution in [2.45, 2.75) is 36.1 Å². The zero-order valence-corrected chi connectivity index (χ0v) is 18.1. The summed E-state index contributed by atoms with van der Waals surface area (Å²) in [6.45, 7) is 3.64. The summed E-state index contributed by atoms with van der Waals surface area (Å²) >= 11 is 4.54. The number of carbonyl (C=O) groups is 2. The summed E-state index contributed by atoms with van der Waals surface area (Å²) in [4.78, 5) is 28.2. The smallest absolute Gasteiger partial charge is 0.261 e. The van der Waals surface area contributed by atoms with Crippen molar-refractivity contribution in [2.24, 2.45) is 5.41 Å². The van der Waals surface area contributed by atoms with Crippen molar-refractivity contribution in [2.75, 3.05) is 7.05 Å². The van der Waals surface area contributed by atoms with Gasteiger partial charge in [-0.2, -0.15) is 5.26 Å². The molecule has 4 saturated heterocycles. The molecule has 1 spiro atoms. The molecule has 0 aliphatic carbocycles. The largest absolute Gasteiger partial charge is 0.319 e. The van der Waals surface area contributed by atoms with Gasteiger partial charge in [0, 0.05) is 30.6 Å². The average molecular weight is 431 g/mol. The van der Waals surface area contributed by atoms with Gasteiger partial charge in [0.1, 0.15) is 0 Å². The highest BCUT2D eigenvalue weighted by Gasteiger charge is 2.75. The van der Waals surface area contributed by atoms with Gasteiger partial charge in [-0.25, -0.2) is 0 Å². The molecule has 0 radical (unpaired) electrons. The van der Waals surface area contributed by atoms with Crippen molar-refractivity contribution in [1.82, 2.24) is 13.8 Å². The number of piperazine rings is 1. The Labute approximate surface area is 176 Å². The first-order valence-corrected chi connectivity index (χ1v) is 11.4. The Bertz CT molecular complexity index is 1110. The Kier molecular flexibility index (Phi) is 3.55. The number of aromatic nitrogens is 1. The maximum atomic E-state index is 13.6. The van der Waals surface area contributed by atoms with Gasteiger partial charge < -0.3 is 9.80 Å². The number of thiol groups is 1. The van der Waals surface area contributed by atoms with Crippen molar-refractivity contribution in [3.63, 3.8) is 0 Å². The molecule has 2 amide bonds. The molecule has 6 nitrogen and oxygen atoms in total. The van der Waals surface area contributed by atoms with Gasteiger partial charge in [0.25, 0.3) is 11.8 Å². The third kappa shape index (κ3) is 1.89. The van der Waals surface area contributed by atoms with E-state index in [4.69, 9.17) is 0 Å². The lowest BCUT2D eigenvalue weighted by Gasteiger charge is -2.57. The molecule has 9 heteroatoms. The monoisotopic (exact) mass is 430 g/mol. The van der Waals surface area contributed by atoms with Gasteiger partial charge in [-0.1, -0.05) is 52.6 Å². The highest BCUT2D eigenvalue weighted by atomic mass is 33.1. The van der Waals surface area contributed by atoms with Crippen LogP contribution in [0.25, 0.3) is 10.9 Å². The Morgan fingerprint density at radius 1 is 1.21 bits per heavy atom. The number of nitriles is 1. The zero-order valence-electron chi connectivity index (χ0n) is 15.5. The van der Waals surface area contributed by atoms with E-state index in [0.717, 1.165) is 16.5 Å². The first-order chi connectivity index (χ1) is 13.2. The maximum Gasteiger partial charge on any atom is 0.261 e. The Morgan fingerprint density at radius 3 is 2.64 bits per heavy atom. The lowest BCUT2D eigenvalue weighted by atomic mass is 9.79. The fourth-order valence-corrected chi connectivity index (χ4v) is 8.67. The van der Waals surface area contributed by atoms with Crippen LogP contribution in [0.2, 0.25) is 0 Å². The van der Waals surface area contributed by atoms with Crippen molar-refractivity contribution in [1.29, 1.82) is 5.26 Å². The van der Waals surface area contributed by atoms with E-state index in [-0.39, 0.29) is 11.8 Å². The molecule has 6 rings (SSSR count). The number of rotatable bonds is 1. The van der Waals surface area contributed by atoms with Crippen LogP contribution in [-0.2, 0) is 9.59 Å². The molecule has 0 saturated carbocycles. The van der Waals surface area contributed by atoms with Gasteiger partial charge in [-0.15, -0.1) is 0 Å². The number of hydrogen-bond acceptors (Lipinski definition) is 6. The minimum atomic E-state index is -1.05. The standard InChI is InChI=1S/C19H18N4O2S3/c1-17(10-20)9-19-16(25)21(3)18(2,27-28-19)15(24)23(19)14(17)12-8-22(26)13-7-5-4-6-11(12)13/h4-8,14,26H,9H2,1-3H3/t14?,17-,18?,19+/m1/s1. The predicted molar refractivity (Wildman–Crippen MR) is 113 cm³/mol. The predicted octanol–water partition coefficient (Wildman–Crippen LogP) is 3.42. The van der Waals surface area contributed by atoms with Gasteiger partial charge in [0.05, 0.1) is 23.0 Å². The number of benzene rings is 1. The Hall–Kier alpha value is -1.76. The average Bonchev–Trinajstić information content (AvgIpc) is 3.16. The first-order valence-electron chi connectivity index (χ1n) is 8.89. The van der Waals surface area contributed by atoms with E-state index < -0.39 is 21.2 Å². The van der Waals surface area contributed by atoms with Gasteiger partial charge >= 0.3 is 0 Å². The van der Waals surface area contributed by atoms with Gasteiger partial charge in [0.15, 0.2) is 9.74 Å². The van der Waals surface area contributed by atoms with E-state index in [0.29, 0.717) is 6.42 Å². The van der Waals surface area contributed by atoms with E-state index in [1.54, 1.807) is 27.7 Å². The number of likely N-dealkylation sites (N-methyl/N-ethyl adjacent to an activating group) is 1. The second-order valence-electron chi connectivity index (χ2n) is 8.03. The molecule has 2 unspecified atom stereocenters. The molecule has 4 atom stereocenters. The van der Waals surface area contributed by atoms with Crippen LogP contribution in [0, 0.1) is 16.7 Å². The van der Waals surface area contributed by atoms with Gasteiger partial charge in [0.2, 0.25) is 0 Å². The first kappa shape index (κ1) is 18.3. The summed E-state index contributed by atoms with van der Waals surface area (Å²) in [5, 5.41) is 11.1. The van der Waals surface area contributed by atoms with Crippen LogP contribution in [-0.4, -0.2) is 42.4 Å². The zero-order chi connectivity index (χ0) is 20.1. The van der Waals surface area contributed by atoms with Crippen molar-refractivity contribution < 1.29 is 9.59 Å². The van der Waals surface area contributed by atoms with Crippen molar-refractivity contribution >= 4 is 57.1 Å². The van der Waals surface area contributed by atoms with E-state index >= 15 is 0 Å². The summed E-state index contributed by atoms with van der Waals surface area (Å²) < 4.78 is 1.72. The molecule has 4 fully saturated rings. The SMILES string of the molecule is CN1C(=O)[C@@]23C[C@](C)(C#N)C(c4cn(S)c5ccccc45)N2C(=O)C1(C)SS3. The molecule has 1 aromatic carbocycles.